The van der Waals surface area contributed by atoms with Crippen molar-refractivity contribution in [3.8, 4) is 17.2 Å². The number of hydrogen-bond acceptors (Lipinski definition) is 4. The summed E-state index contributed by atoms with van der Waals surface area (Å²) in [7, 11) is 3.45. The van der Waals surface area contributed by atoms with Gasteiger partial charge in [-0.1, -0.05) is 89.4 Å². The molecular formula is C34H24BNO3S. The van der Waals surface area contributed by atoms with Crippen LogP contribution >= 0.6 is 11.8 Å². The number of ether oxygens (including phenoxy) is 2. The molecule has 2 aromatic heterocycles. The van der Waals surface area contributed by atoms with Gasteiger partial charge in [0.2, 0.25) is 5.71 Å². The number of methoxy groups -OCH3 is 2. The largest absolute Gasteiger partial charge is 0.497 e. The average Bonchev–Trinajstić information content (AvgIpc) is 3.54. The van der Waals surface area contributed by atoms with Gasteiger partial charge in [-0.3, -0.25) is 4.57 Å². The normalized spacial score (nSPS) is 12.6. The van der Waals surface area contributed by atoms with Gasteiger partial charge < -0.3 is 13.9 Å². The number of rotatable bonds is 4. The molecule has 192 valence electrons. The van der Waals surface area contributed by atoms with Crippen LogP contribution in [0, 0.1) is 0 Å². The van der Waals surface area contributed by atoms with Crippen LogP contribution in [0.15, 0.2) is 123 Å². The lowest BCUT2D eigenvalue weighted by atomic mass is 9.36. The Morgan fingerprint density at radius 2 is 1.38 bits per heavy atom. The SMILES string of the molecule is COc1cccc(OC)c1B1c2ccccc2Sc2cc(-n3c4ccccc4c4c5ccccc5oc43)ccc21. The van der Waals surface area contributed by atoms with E-state index in [-0.39, 0.29) is 6.71 Å². The van der Waals surface area contributed by atoms with Crippen LogP contribution in [-0.4, -0.2) is 25.5 Å². The Morgan fingerprint density at radius 3 is 2.20 bits per heavy atom. The summed E-state index contributed by atoms with van der Waals surface area (Å²) >= 11 is 1.81. The van der Waals surface area contributed by atoms with Crippen LogP contribution in [0.4, 0.5) is 0 Å². The Labute approximate surface area is 236 Å². The number of hydrogen-bond donors (Lipinski definition) is 0. The van der Waals surface area contributed by atoms with Crippen molar-refractivity contribution < 1.29 is 13.9 Å². The first-order valence-electron chi connectivity index (χ1n) is 13.3. The van der Waals surface area contributed by atoms with Crippen LogP contribution in [0.2, 0.25) is 0 Å². The van der Waals surface area contributed by atoms with Gasteiger partial charge in [-0.15, -0.1) is 0 Å². The molecule has 3 heterocycles. The molecule has 0 aliphatic carbocycles. The van der Waals surface area contributed by atoms with Crippen LogP contribution in [0.25, 0.3) is 38.7 Å². The van der Waals surface area contributed by atoms with Gasteiger partial charge in [0.1, 0.15) is 17.1 Å². The third kappa shape index (κ3) is 3.29. The van der Waals surface area contributed by atoms with Crippen LogP contribution in [0.1, 0.15) is 0 Å². The Kier molecular flexibility index (Phi) is 5.25. The first-order valence-corrected chi connectivity index (χ1v) is 14.1. The fourth-order valence-electron chi connectivity index (χ4n) is 6.26. The summed E-state index contributed by atoms with van der Waals surface area (Å²) in [4.78, 5) is 2.44. The standard InChI is InChI=1S/C34H24BNO3S/c1-37-28-15-9-16-29(38-2)33(28)35-24-12-5-8-17-30(24)40-31-20-21(18-19-25(31)35)36-26-13-6-3-10-22(26)32-23-11-4-7-14-27(23)39-34(32)36/h3-20H,1-2H3. The maximum Gasteiger partial charge on any atom is 0.253 e. The second-order valence-corrected chi connectivity index (χ2v) is 11.1. The van der Waals surface area contributed by atoms with Crippen molar-refractivity contribution in [2.24, 2.45) is 0 Å². The highest BCUT2D eigenvalue weighted by Crippen LogP contribution is 2.40. The van der Waals surface area contributed by atoms with E-state index in [2.05, 4.69) is 83.4 Å². The molecule has 5 aromatic carbocycles. The molecule has 0 radical (unpaired) electrons. The molecular weight excluding hydrogens is 513 g/mol. The zero-order valence-electron chi connectivity index (χ0n) is 22.0. The van der Waals surface area contributed by atoms with E-state index in [9.17, 15) is 0 Å². The number of furan rings is 1. The quantitative estimate of drug-likeness (QED) is 0.239. The van der Waals surface area contributed by atoms with Crippen molar-refractivity contribution >= 4 is 67.8 Å². The predicted octanol–water partition coefficient (Wildman–Crippen LogP) is 6.53. The smallest absolute Gasteiger partial charge is 0.253 e. The van der Waals surface area contributed by atoms with Crippen molar-refractivity contribution in [2.75, 3.05) is 14.2 Å². The van der Waals surface area contributed by atoms with Gasteiger partial charge in [-0.2, -0.15) is 0 Å². The molecule has 4 nitrogen and oxygen atoms in total. The molecule has 8 rings (SSSR count). The molecule has 0 N–H and O–H groups in total. The van der Waals surface area contributed by atoms with Crippen molar-refractivity contribution in [1.29, 1.82) is 0 Å². The minimum absolute atomic E-state index is 0.0276. The number of para-hydroxylation sites is 2. The highest BCUT2D eigenvalue weighted by atomic mass is 32.2. The van der Waals surface area contributed by atoms with Gasteiger partial charge in [-0.25, -0.2) is 0 Å². The van der Waals surface area contributed by atoms with Gasteiger partial charge in [0.05, 0.1) is 30.8 Å². The van der Waals surface area contributed by atoms with Gasteiger partial charge in [-0.05, 0) is 42.5 Å². The zero-order valence-corrected chi connectivity index (χ0v) is 22.9. The van der Waals surface area contributed by atoms with Crippen LogP contribution in [-0.2, 0) is 0 Å². The lowest BCUT2D eigenvalue weighted by molar-refractivity contribution is 0.400. The van der Waals surface area contributed by atoms with Gasteiger partial charge in [0, 0.05) is 26.0 Å². The monoisotopic (exact) mass is 537 g/mol. The van der Waals surface area contributed by atoms with Crippen molar-refractivity contribution in [2.45, 2.75) is 9.79 Å². The van der Waals surface area contributed by atoms with E-state index < -0.39 is 0 Å². The number of fused-ring (bicyclic) bond motifs is 7. The van der Waals surface area contributed by atoms with Gasteiger partial charge in [0.15, 0.2) is 0 Å². The van der Waals surface area contributed by atoms with Crippen molar-refractivity contribution in [3.63, 3.8) is 0 Å². The molecule has 7 aromatic rings. The Bertz CT molecular complexity index is 2070. The summed E-state index contributed by atoms with van der Waals surface area (Å²) in [6, 6.07) is 38.2. The summed E-state index contributed by atoms with van der Waals surface area (Å²) < 4.78 is 20.5. The third-order valence-electron chi connectivity index (χ3n) is 7.97. The summed E-state index contributed by atoms with van der Waals surface area (Å²) in [5.74, 6) is 1.64. The van der Waals surface area contributed by atoms with E-state index in [1.165, 1.54) is 26.1 Å². The zero-order chi connectivity index (χ0) is 26.8. The first-order chi connectivity index (χ1) is 19.8. The highest BCUT2D eigenvalue weighted by molar-refractivity contribution is 8.00. The molecule has 0 saturated heterocycles. The molecule has 6 heteroatoms. The van der Waals surface area contributed by atoms with Gasteiger partial charge in [0.25, 0.3) is 6.71 Å². The fourth-order valence-corrected chi connectivity index (χ4v) is 7.43. The molecule has 0 saturated carbocycles. The molecule has 40 heavy (non-hydrogen) atoms. The minimum atomic E-state index is -0.0276. The summed E-state index contributed by atoms with van der Waals surface area (Å²) in [6.07, 6.45) is 0. The van der Waals surface area contributed by atoms with E-state index >= 15 is 0 Å². The fraction of sp³-hybridized carbons (Fsp3) is 0.0588. The van der Waals surface area contributed by atoms with Crippen LogP contribution in [0.5, 0.6) is 11.5 Å². The number of benzene rings is 5. The third-order valence-corrected chi connectivity index (χ3v) is 9.13. The first kappa shape index (κ1) is 23.4. The lowest BCUT2D eigenvalue weighted by Gasteiger charge is -2.28. The Morgan fingerprint density at radius 1 is 0.675 bits per heavy atom. The van der Waals surface area contributed by atoms with E-state index in [0.29, 0.717) is 0 Å². The van der Waals surface area contributed by atoms with Crippen molar-refractivity contribution in [3.05, 3.63) is 109 Å². The molecule has 0 spiro atoms. The lowest BCUT2D eigenvalue weighted by Crippen LogP contribution is -2.55. The van der Waals surface area contributed by atoms with E-state index in [1.54, 1.807) is 14.2 Å². The van der Waals surface area contributed by atoms with E-state index in [0.717, 1.165) is 50.2 Å². The maximum absolute atomic E-state index is 6.50. The molecule has 0 amide bonds. The molecule has 0 unspecified atom stereocenters. The molecule has 0 bridgehead atoms. The summed E-state index contributed by atoms with van der Waals surface area (Å²) in [5.41, 5.74) is 7.49. The number of aromatic nitrogens is 1. The van der Waals surface area contributed by atoms with E-state index in [4.69, 9.17) is 13.9 Å². The summed E-state index contributed by atoms with van der Waals surface area (Å²) in [5, 5.41) is 3.48. The topological polar surface area (TPSA) is 36.5 Å². The second kappa shape index (κ2) is 9.00. The average molecular weight is 537 g/mol. The maximum atomic E-state index is 6.50. The van der Waals surface area contributed by atoms with E-state index in [1.807, 2.05) is 42.1 Å². The summed E-state index contributed by atoms with van der Waals surface area (Å²) in [6.45, 7) is -0.0276. The predicted molar refractivity (Wildman–Crippen MR) is 165 cm³/mol. The molecule has 0 atom stereocenters. The molecule has 0 fully saturated rings. The minimum Gasteiger partial charge on any atom is -0.497 e. The van der Waals surface area contributed by atoms with Crippen LogP contribution < -0.4 is 25.9 Å². The highest BCUT2D eigenvalue weighted by Gasteiger charge is 2.35. The molecule has 1 aliphatic heterocycles. The number of nitrogens with zero attached hydrogens (tertiary/aromatic N) is 1. The van der Waals surface area contributed by atoms with Crippen molar-refractivity contribution in [1.82, 2.24) is 4.57 Å². The van der Waals surface area contributed by atoms with Gasteiger partial charge >= 0.3 is 0 Å². The molecule has 1 aliphatic rings. The Balaban J connectivity index is 1.39. The Hall–Kier alpha value is -4.55. The second-order valence-electron chi connectivity index (χ2n) is 10.0. The van der Waals surface area contributed by atoms with Crippen LogP contribution in [0.3, 0.4) is 0 Å².